The molecule has 7 nitrogen and oxygen atoms in total. The van der Waals surface area contributed by atoms with Crippen molar-refractivity contribution in [3.05, 3.63) is 29.8 Å². The van der Waals surface area contributed by atoms with Crippen molar-refractivity contribution in [2.24, 2.45) is 0 Å². The quantitative estimate of drug-likeness (QED) is 0.781. The number of amides is 1. The van der Waals surface area contributed by atoms with Crippen molar-refractivity contribution in [3.8, 4) is 5.75 Å². The third-order valence-corrected chi connectivity index (χ3v) is 7.23. The molecule has 0 radical (unpaired) electrons. The zero-order valence-corrected chi connectivity index (χ0v) is 15.0. The lowest BCUT2D eigenvalue weighted by atomic mass is 10.1. The van der Waals surface area contributed by atoms with Gasteiger partial charge in [0.05, 0.1) is 0 Å². The van der Waals surface area contributed by atoms with Gasteiger partial charge in [-0.25, -0.2) is 0 Å². The van der Waals surface area contributed by atoms with E-state index in [2.05, 4.69) is 0 Å². The van der Waals surface area contributed by atoms with Gasteiger partial charge >= 0.3 is 0 Å². The van der Waals surface area contributed by atoms with Gasteiger partial charge in [-0.05, 0) is 24.5 Å². The first-order chi connectivity index (χ1) is 12.1. The molecule has 2 saturated heterocycles. The number of hydrogen-bond acceptors (Lipinski definition) is 4. The highest BCUT2D eigenvalue weighted by molar-refractivity contribution is 7.86. The highest BCUT2D eigenvalue weighted by atomic mass is 32.2. The second-order valence-electron chi connectivity index (χ2n) is 6.76. The molecular weight excluding hydrogens is 342 g/mol. The minimum atomic E-state index is -3.38. The summed E-state index contributed by atoms with van der Waals surface area (Å²) in [6.07, 6.45) is 1.95. The van der Waals surface area contributed by atoms with Crippen molar-refractivity contribution in [1.82, 2.24) is 13.5 Å². The fourth-order valence-electron chi connectivity index (χ4n) is 3.74. The minimum Gasteiger partial charge on any atom is -0.480 e. The van der Waals surface area contributed by atoms with Crippen LogP contribution >= 0.6 is 0 Å². The van der Waals surface area contributed by atoms with Crippen LogP contribution in [-0.2, 0) is 21.4 Å². The Balaban J connectivity index is 1.35. The zero-order chi connectivity index (χ0) is 17.4. The molecule has 1 atom stereocenters. The second-order valence-corrected chi connectivity index (χ2v) is 8.69. The number of rotatable bonds is 3. The Morgan fingerprint density at radius 1 is 0.960 bits per heavy atom. The minimum absolute atomic E-state index is 0.0468. The molecule has 0 spiro atoms. The smallest absolute Gasteiger partial charge is 0.282 e. The van der Waals surface area contributed by atoms with E-state index < -0.39 is 16.3 Å². The number of carbonyl (C=O) groups is 1. The predicted octanol–water partition coefficient (Wildman–Crippen LogP) is 0.475. The fraction of sp³-hybridized carbons (Fsp3) is 0.588. The molecule has 25 heavy (non-hydrogen) atoms. The monoisotopic (exact) mass is 365 g/mol. The van der Waals surface area contributed by atoms with E-state index in [9.17, 15) is 13.2 Å². The molecule has 0 saturated carbocycles. The summed E-state index contributed by atoms with van der Waals surface area (Å²) in [5.41, 5.74) is 1.05. The van der Waals surface area contributed by atoms with Crippen molar-refractivity contribution >= 4 is 16.1 Å². The van der Waals surface area contributed by atoms with Gasteiger partial charge in [-0.15, -0.1) is 0 Å². The van der Waals surface area contributed by atoms with Crippen LogP contribution in [0.2, 0.25) is 0 Å². The van der Waals surface area contributed by atoms with Crippen LogP contribution in [0, 0.1) is 0 Å². The van der Waals surface area contributed by atoms with Gasteiger partial charge in [-0.2, -0.15) is 17.0 Å². The molecule has 136 valence electrons. The van der Waals surface area contributed by atoms with E-state index >= 15 is 0 Å². The highest BCUT2D eigenvalue weighted by Gasteiger charge is 2.37. The Labute approximate surface area is 148 Å². The van der Waals surface area contributed by atoms with E-state index in [1.807, 2.05) is 24.3 Å². The number of nitrogens with zero attached hydrogens (tertiary/aromatic N) is 3. The molecule has 4 rings (SSSR count). The molecule has 2 fully saturated rings. The molecule has 1 aromatic rings. The lowest BCUT2D eigenvalue weighted by molar-refractivity contribution is -0.139. The third-order valence-electron chi connectivity index (χ3n) is 5.19. The first-order valence-electron chi connectivity index (χ1n) is 8.84. The van der Waals surface area contributed by atoms with E-state index in [4.69, 9.17) is 4.74 Å². The van der Waals surface area contributed by atoms with Crippen molar-refractivity contribution in [1.29, 1.82) is 0 Å². The molecule has 1 unspecified atom stereocenters. The van der Waals surface area contributed by atoms with E-state index in [0.29, 0.717) is 45.7 Å². The molecule has 1 amide bonds. The van der Waals surface area contributed by atoms with Gasteiger partial charge in [-0.3, -0.25) is 4.79 Å². The topological polar surface area (TPSA) is 70.2 Å². The van der Waals surface area contributed by atoms with E-state index in [1.165, 1.54) is 4.31 Å². The maximum absolute atomic E-state index is 12.7. The van der Waals surface area contributed by atoms with Crippen LogP contribution in [0.3, 0.4) is 0 Å². The number of fused-ring (bicyclic) bond motifs is 1. The molecule has 8 heteroatoms. The molecule has 0 N–H and O–H groups in total. The number of piperazine rings is 1. The molecule has 0 aliphatic carbocycles. The highest BCUT2D eigenvalue weighted by Crippen LogP contribution is 2.29. The lowest BCUT2D eigenvalue weighted by Crippen LogP contribution is -2.55. The van der Waals surface area contributed by atoms with Crippen molar-refractivity contribution < 1.29 is 17.9 Å². The molecule has 1 aromatic carbocycles. The first-order valence-corrected chi connectivity index (χ1v) is 10.2. The lowest BCUT2D eigenvalue weighted by Gasteiger charge is -2.36. The number of benzene rings is 1. The Morgan fingerprint density at radius 2 is 1.60 bits per heavy atom. The van der Waals surface area contributed by atoms with Crippen molar-refractivity contribution in [2.45, 2.75) is 25.4 Å². The average molecular weight is 365 g/mol. The van der Waals surface area contributed by atoms with Gasteiger partial charge in [0, 0.05) is 45.7 Å². The van der Waals surface area contributed by atoms with Gasteiger partial charge in [0.1, 0.15) is 5.75 Å². The van der Waals surface area contributed by atoms with Crippen LogP contribution in [0.4, 0.5) is 0 Å². The summed E-state index contributed by atoms with van der Waals surface area (Å²) in [5, 5.41) is 0. The summed E-state index contributed by atoms with van der Waals surface area (Å²) in [6.45, 7) is 2.75. The second kappa shape index (κ2) is 6.59. The van der Waals surface area contributed by atoms with E-state index in [1.54, 1.807) is 9.21 Å². The SMILES string of the molecule is O=C(C1Cc2ccccc2O1)N1CCN(S(=O)(=O)N2CCCC2)CC1. The van der Waals surface area contributed by atoms with Gasteiger partial charge in [0.15, 0.2) is 6.10 Å². The molecule has 3 heterocycles. The Bertz CT molecular complexity index is 728. The fourth-order valence-corrected chi connectivity index (χ4v) is 5.42. The first kappa shape index (κ1) is 16.8. The third kappa shape index (κ3) is 3.14. The normalized spacial score (nSPS) is 25.0. The molecule has 0 aromatic heterocycles. The summed E-state index contributed by atoms with van der Waals surface area (Å²) < 4.78 is 34.0. The number of ether oxygens (including phenoxy) is 1. The maximum Gasteiger partial charge on any atom is 0.282 e. The average Bonchev–Trinajstić information content (AvgIpc) is 3.31. The summed E-state index contributed by atoms with van der Waals surface area (Å²) in [4.78, 5) is 14.4. The maximum atomic E-state index is 12.7. The van der Waals surface area contributed by atoms with Crippen LogP contribution in [-0.4, -0.2) is 73.2 Å². The zero-order valence-electron chi connectivity index (χ0n) is 14.1. The summed E-state index contributed by atoms with van der Waals surface area (Å²) in [6, 6.07) is 7.69. The summed E-state index contributed by atoms with van der Waals surface area (Å²) in [7, 11) is -3.38. The Kier molecular flexibility index (Phi) is 4.43. The Morgan fingerprint density at radius 3 is 2.28 bits per heavy atom. The number of carbonyl (C=O) groups excluding carboxylic acids is 1. The van der Waals surface area contributed by atoms with E-state index in [0.717, 1.165) is 24.2 Å². The summed E-state index contributed by atoms with van der Waals surface area (Å²) >= 11 is 0. The standard InChI is InChI=1S/C17H23N3O4S/c21-17(16-13-14-5-1-2-6-15(14)24-16)18-9-11-20(12-10-18)25(22,23)19-7-3-4-8-19/h1-2,5-6,16H,3-4,7-13H2. The van der Waals surface area contributed by atoms with Gasteiger partial charge in [-0.1, -0.05) is 18.2 Å². The molecule has 3 aliphatic rings. The van der Waals surface area contributed by atoms with E-state index in [-0.39, 0.29) is 5.91 Å². The van der Waals surface area contributed by atoms with Crippen molar-refractivity contribution in [2.75, 3.05) is 39.3 Å². The molecular formula is C17H23N3O4S. The van der Waals surface area contributed by atoms with Crippen molar-refractivity contribution in [3.63, 3.8) is 0 Å². The molecule has 0 bridgehead atoms. The molecule has 3 aliphatic heterocycles. The largest absolute Gasteiger partial charge is 0.480 e. The van der Waals surface area contributed by atoms with Gasteiger partial charge in [0.25, 0.3) is 16.1 Å². The predicted molar refractivity (Wildman–Crippen MR) is 92.4 cm³/mol. The number of hydrogen-bond donors (Lipinski definition) is 0. The van der Waals surface area contributed by atoms with Crippen LogP contribution < -0.4 is 4.74 Å². The summed E-state index contributed by atoms with van der Waals surface area (Å²) in [5.74, 6) is 0.727. The van der Waals surface area contributed by atoms with Crippen LogP contribution in [0.5, 0.6) is 5.75 Å². The van der Waals surface area contributed by atoms with Gasteiger partial charge < -0.3 is 9.64 Å². The Hall–Kier alpha value is -1.64. The van der Waals surface area contributed by atoms with Crippen LogP contribution in [0.25, 0.3) is 0 Å². The number of para-hydroxylation sites is 1. The van der Waals surface area contributed by atoms with Gasteiger partial charge in [0.2, 0.25) is 0 Å². The van der Waals surface area contributed by atoms with Crippen LogP contribution in [0.15, 0.2) is 24.3 Å². The van der Waals surface area contributed by atoms with Crippen LogP contribution in [0.1, 0.15) is 18.4 Å².